The van der Waals surface area contributed by atoms with Crippen LogP contribution < -0.4 is 11.1 Å². The van der Waals surface area contributed by atoms with Crippen LogP contribution in [0.1, 0.15) is 24.8 Å². The lowest BCUT2D eigenvalue weighted by molar-refractivity contribution is -0.138. The Bertz CT molecular complexity index is 478. The summed E-state index contributed by atoms with van der Waals surface area (Å²) in [6.07, 6.45) is -2.55. The van der Waals surface area contributed by atoms with Crippen LogP contribution in [0.25, 0.3) is 0 Å². The number of nitrogens with two attached hydrogens (primary N) is 1. The molecule has 0 atom stereocenters. The van der Waals surface area contributed by atoms with Crippen molar-refractivity contribution in [2.24, 2.45) is 10.9 Å². The molecule has 0 amide bonds. The highest BCUT2D eigenvalue weighted by Crippen LogP contribution is 2.36. The number of oxime groups is 1. The fraction of sp³-hybridized carbons (Fsp3) is 0.417. The molecule has 1 rings (SSSR count). The monoisotopic (exact) mass is 353 g/mol. The van der Waals surface area contributed by atoms with E-state index in [2.05, 4.69) is 26.4 Å². The second-order valence-electron chi connectivity index (χ2n) is 4.17. The first-order valence-corrected chi connectivity index (χ1v) is 6.71. The number of amidine groups is 1. The van der Waals surface area contributed by atoms with Crippen LogP contribution in [-0.4, -0.2) is 17.6 Å². The molecular formula is C12H15BrF3N3O. The van der Waals surface area contributed by atoms with Crippen LogP contribution in [0.5, 0.6) is 0 Å². The van der Waals surface area contributed by atoms with Gasteiger partial charge < -0.3 is 16.3 Å². The van der Waals surface area contributed by atoms with E-state index in [4.69, 9.17) is 10.9 Å². The molecule has 0 unspecified atom stereocenters. The van der Waals surface area contributed by atoms with Crippen molar-refractivity contribution in [1.29, 1.82) is 0 Å². The molecule has 112 valence electrons. The first-order chi connectivity index (χ1) is 9.34. The third kappa shape index (κ3) is 5.28. The van der Waals surface area contributed by atoms with E-state index in [-0.39, 0.29) is 10.3 Å². The number of nitrogens with zero attached hydrogens (tertiary/aromatic N) is 1. The number of alkyl halides is 3. The molecule has 1 aromatic carbocycles. The van der Waals surface area contributed by atoms with Gasteiger partial charge in [-0.15, -0.1) is 0 Å². The van der Waals surface area contributed by atoms with E-state index >= 15 is 0 Å². The van der Waals surface area contributed by atoms with Gasteiger partial charge in [0.1, 0.15) is 5.84 Å². The van der Waals surface area contributed by atoms with E-state index in [1.165, 1.54) is 6.07 Å². The Morgan fingerprint density at radius 3 is 2.65 bits per heavy atom. The Hall–Kier alpha value is -1.44. The highest BCUT2D eigenvalue weighted by molar-refractivity contribution is 9.10. The highest BCUT2D eigenvalue weighted by atomic mass is 79.9. The molecule has 0 spiro atoms. The quantitative estimate of drug-likeness (QED) is 0.239. The second kappa shape index (κ2) is 7.37. The van der Waals surface area contributed by atoms with Crippen LogP contribution in [0.2, 0.25) is 0 Å². The van der Waals surface area contributed by atoms with Crippen molar-refractivity contribution in [3.63, 3.8) is 0 Å². The summed E-state index contributed by atoms with van der Waals surface area (Å²) < 4.78 is 38.1. The first kappa shape index (κ1) is 16.6. The van der Waals surface area contributed by atoms with Crippen LogP contribution in [-0.2, 0) is 6.18 Å². The normalized spacial score (nSPS) is 12.5. The molecule has 0 heterocycles. The lowest BCUT2D eigenvalue weighted by Crippen LogP contribution is -2.12. The Morgan fingerprint density at radius 1 is 1.35 bits per heavy atom. The molecule has 0 fully saturated rings. The van der Waals surface area contributed by atoms with E-state index in [9.17, 15) is 13.2 Å². The third-order valence-corrected chi connectivity index (χ3v) is 3.28. The zero-order valence-corrected chi connectivity index (χ0v) is 12.1. The molecule has 4 N–H and O–H groups in total. The fourth-order valence-corrected chi connectivity index (χ4v) is 2.04. The lowest BCUT2D eigenvalue weighted by Gasteiger charge is -2.12. The Balaban J connectivity index is 2.49. The molecule has 0 aromatic heterocycles. The maximum Gasteiger partial charge on any atom is 0.417 e. The van der Waals surface area contributed by atoms with Crippen molar-refractivity contribution in [3.05, 3.63) is 28.2 Å². The molecule has 0 aliphatic carbocycles. The predicted octanol–water partition coefficient (Wildman–Crippen LogP) is 3.80. The molecule has 20 heavy (non-hydrogen) atoms. The van der Waals surface area contributed by atoms with Gasteiger partial charge in [-0.1, -0.05) is 21.1 Å². The number of unbranched alkanes of at least 4 members (excludes halogenated alkanes) is 1. The largest absolute Gasteiger partial charge is 0.417 e. The van der Waals surface area contributed by atoms with Gasteiger partial charge in [-0.05, 0) is 31.0 Å². The molecule has 8 heteroatoms. The van der Waals surface area contributed by atoms with E-state index in [1.807, 2.05) is 0 Å². The van der Waals surface area contributed by atoms with Crippen molar-refractivity contribution < 1.29 is 18.4 Å². The third-order valence-electron chi connectivity index (χ3n) is 2.59. The van der Waals surface area contributed by atoms with Gasteiger partial charge >= 0.3 is 6.18 Å². The average molecular weight is 354 g/mol. The van der Waals surface area contributed by atoms with E-state index in [1.54, 1.807) is 6.07 Å². The SMILES string of the molecule is NC(CCCCNc1ccc(Br)c(C(F)(F)F)c1)=NO. The molecule has 0 saturated carbocycles. The maximum atomic E-state index is 12.7. The minimum atomic E-state index is -4.39. The minimum absolute atomic E-state index is 0.0162. The molecule has 4 nitrogen and oxygen atoms in total. The number of rotatable bonds is 6. The summed E-state index contributed by atoms with van der Waals surface area (Å²) in [7, 11) is 0. The summed E-state index contributed by atoms with van der Waals surface area (Å²) in [6, 6.07) is 4.00. The summed E-state index contributed by atoms with van der Waals surface area (Å²) in [5.41, 5.74) is 5.00. The molecular weight excluding hydrogens is 339 g/mol. The first-order valence-electron chi connectivity index (χ1n) is 5.91. The van der Waals surface area contributed by atoms with Gasteiger partial charge in [0, 0.05) is 23.1 Å². The number of benzene rings is 1. The topological polar surface area (TPSA) is 70.6 Å². The summed E-state index contributed by atoms with van der Waals surface area (Å²) in [4.78, 5) is 0. The molecule has 0 bridgehead atoms. The number of halogens is 4. The Morgan fingerprint density at radius 2 is 2.05 bits per heavy atom. The van der Waals surface area contributed by atoms with Gasteiger partial charge in [0.15, 0.2) is 0 Å². The summed E-state index contributed by atoms with van der Waals surface area (Å²) >= 11 is 2.88. The van der Waals surface area contributed by atoms with Crippen LogP contribution in [0.3, 0.4) is 0 Å². The van der Waals surface area contributed by atoms with Crippen molar-refractivity contribution in [2.45, 2.75) is 25.4 Å². The van der Waals surface area contributed by atoms with Crippen LogP contribution in [0.15, 0.2) is 27.8 Å². The van der Waals surface area contributed by atoms with Crippen molar-refractivity contribution in [2.75, 3.05) is 11.9 Å². The van der Waals surface area contributed by atoms with Crippen molar-refractivity contribution >= 4 is 27.5 Å². The summed E-state index contributed by atoms with van der Waals surface area (Å²) in [6.45, 7) is 0.512. The second-order valence-corrected chi connectivity index (χ2v) is 5.02. The van der Waals surface area contributed by atoms with Gasteiger partial charge in [0.25, 0.3) is 0 Å². The molecule has 1 aromatic rings. The van der Waals surface area contributed by atoms with Crippen LogP contribution >= 0.6 is 15.9 Å². The summed E-state index contributed by atoms with van der Waals surface area (Å²) in [5.74, 6) is 0.146. The van der Waals surface area contributed by atoms with Crippen molar-refractivity contribution in [3.8, 4) is 0 Å². The van der Waals surface area contributed by atoms with Gasteiger partial charge in [-0.25, -0.2) is 0 Å². The smallest absolute Gasteiger partial charge is 0.409 e. The summed E-state index contributed by atoms with van der Waals surface area (Å²) in [5, 5.41) is 14.1. The average Bonchev–Trinajstić information content (AvgIpc) is 2.38. The van der Waals surface area contributed by atoms with E-state index in [0.29, 0.717) is 31.5 Å². The Kier molecular flexibility index (Phi) is 6.12. The Labute approximate surface area is 123 Å². The van der Waals surface area contributed by atoms with Crippen LogP contribution in [0, 0.1) is 0 Å². The van der Waals surface area contributed by atoms with Crippen LogP contribution in [0.4, 0.5) is 18.9 Å². The number of anilines is 1. The van der Waals surface area contributed by atoms with Crippen molar-refractivity contribution in [1.82, 2.24) is 0 Å². The molecule has 0 aliphatic heterocycles. The number of nitrogens with one attached hydrogen (secondary N) is 1. The molecule has 0 aliphatic rings. The number of hydrogen-bond acceptors (Lipinski definition) is 3. The number of hydrogen-bond donors (Lipinski definition) is 3. The molecule has 0 saturated heterocycles. The fourth-order valence-electron chi connectivity index (χ4n) is 1.57. The van der Waals surface area contributed by atoms with Gasteiger partial charge in [0.05, 0.1) is 5.56 Å². The highest BCUT2D eigenvalue weighted by Gasteiger charge is 2.33. The van der Waals surface area contributed by atoms with Gasteiger partial charge in [-0.3, -0.25) is 0 Å². The zero-order valence-electron chi connectivity index (χ0n) is 10.5. The maximum absolute atomic E-state index is 12.7. The van der Waals surface area contributed by atoms with E-state index in [0.717, 1.165) is 6.07 Å². The zero-order chi connectivity index (χ0) is 15.2. The lowest BCUT2D eigenvalue weighted by atomic mass is 10.2. The minimum Gasteiger partial charge on any atom is -0.409 e. The standard InChI is InChI=1S/C12H15BrF3N3O/c13-10-5-4-8(7-9(10)12(14,15)16)18-6-2-1-3-11(17)19-20/h4-5,7,18,20H,1-3,6H2,(H2,17,19). The van der Waals surface area contributed by atoms with E-state index < -0.39 is 11.7 Å². The van der Waals surface area contributed by atoms with Gasteiger partial charge in [-0.2, -0.15) is 13.2 Å². The predicted molar refractivity (Wildman–Crippen MR) is 74.9 cm³/mol. The molecule has 0 radical (unpaired) electrons. The van der Waals surface area contributed by atoms with Gasteiger partial charge in [0.2, 0.25) is 0 Å².